The molecule has 0 spiro atoms. The fourth-order valence-electron chi connectivity index (χ4n) is 2.42. The summed E-state index contributed by atoms with van der Waals surface area (Å²) in [4.78, 5) is 36.7. The molecule has 0 saturated carbocycles. The molecule has 0 aliphatic carbocycles. The minimum atomic E-state index is -4.00. The fraction of sp³-hybridized carbons (Fsp3) is 0.250. The van der Waals surface area contributed by atoms with Crippen molar-refractivity contribution in [3.63, 3.8) is 0 Å². The minimum absolute atomic E-state index is 0.102. The first-order chi connectivity index (χ1) is 14.7. The molecular weight excluding hydrogens is 424 g/mol. The van der Waals surface area contributed by atoms with Crippen molar-refractivity contribution in [1.29, 1.82) is 0 Å². The predicted octanol–water partition coefficient (Wildman–Crippen LogP) is 1.77. The Morgan fingerprint density at radius 1 is 0.839 bits per heavy atom. The maximum atomic E-state index is 12.2. The molecular formula is C20H24N4O6S. The molecule has 4 N–H and O–H groups in total. The molecule has 166 valence electrons. The molecule has 31 heavy (non-hydrogen) atoms. The van der Waals surface area contributed by atoms with Crippen molar-refractivity contribution in [3.8, 4) is 5.75 Å². The number of hydrogen-bond acceptors (Lipinski definition) is 6. The second kappa shape index (κ2) is 11.1. The molecule has 0 bridgehead atoms. The Morgan fingerprint density at radius 2 is 1.39 bits per heavy atom. The lowest BCUT2D eigenvalue weighted by atomic mass is 10.2. The van der Waals surface area contributed by atoms with E-state index < -0.39 is 21.8 Å². The highest BCUT2D eigenvalue weighted by Gasteiger charge is 2.16. The third-order valence-electron chi connectivity index (χ3n) is 3.84. The van der Waals surface area contributed by atoms with E-state index in [9.17, 15) is 22.8 Å². The Morgan fingerprint density at radius 3 is 1.97 bits per heavy atom. The van der Waals surface area contributed by atoms with Crippen LogP contribution in [0.5, 0.6) is 5.75 Å². The third kappa shape index (κ3) is 8.07. The van der Waals surface area contributed by atoms with Gasteiger partial charge in [0.15, 0.2) is 0 Å². The Balaban J connectivity index is 1.78. The number of ether oxygens (including phenoxy) is 1. The van der Waals surface area contributed by atoms with E-state index in [1.807, 2.05) is 11.8 Å². The average molecular weight is 449 g/mol. The third-order valence-corrected chi connectivity index (χ3v) is 5.10. The molecule has 3 amide bonds. The van der Waals surface area contributed by atoms with Crippen LogP contribution in [0.15, 0.2) is 53.4 Å². The number of carbonyl (C=O) groups excluding carboxylic acids is 3. The summed E-state index contributed by atoms with van der Waals surface area (Å²) in [5.74, 6) is -0.666. The van der Waals surface area contributed by atoms with Gasteiger partial charge in [0.1, 0.15) is 5.75 Å². The number of benzene rings is 2. The number of sulfonamides is 1. The monoisotopic (exact) mass is 448 g/mol. The number of anilines is 2. The highest BCUT2D eigenvalue weighted by atomic mass is 32.2. The SMILES string of the molecule is CCOc1ccc(NC(=O)CCC(=O)NNS(=O)(=O)c2ccc(NC(C)=O)cc2)cc1. The number of rotatable bonds is 10. The van der Waals surface area contributed by atoms with Crippen LogP contribution >= 0.6 is 0 Å². The predicted molar refractivity (Wildman–Crippen MR) is 115 cm³/mol. The van der Waals surface area contributed by atoms with Crippen LogP contribution in [0.4, 0.5) is 11.4 Å². The minimum Gasteiger partial charge on any atom is -0.494 e. The molecule has 0 aromatic heterocycles. The average Bonchev–Trinajstić information content (AvgIpc) is 2.72. The zero-order chi connectivity index (χ0) is 22.9. The molecule has 0 fully saturated rings. The molecule has 0 radical (unpaired) electrons. The van der Waals surface area contributed by atoms with Crippen LogP contribution in [0.1, 0.15) is 26.7 Å². The van der Waals surface area contributed by atoms with E-state index in [1.165, 1.54) is 31.2 Å². The summed E-state index contributed by atoms with van der Waals surface area (Å²) in [7, 11) is -4.00. The van der Waals surface area contributed by atoms with E-state index in [2.05, 4.69) is 16.1 Å². The van der Waals surface area contributed by atoms with Crippen LogP contribution in [0, 0.1) is 0 Å². The van der Waals surface area contributed by atoms with Crippen molar-refractivity contribution in [2.75, 3.05) is 17.2 Å². The summed E-state index contributed by atoms with van der Waals surface area (Å²) in [6.45, 7) is 3.73. The van der Waals surface area contributed by atoms with Gasteiger partial charge >= 0.3 is 0 Å². The van der Waals surface area contributed by atoms with Crippen molar-refractivity contribution >= 4 is 39.1 Å². The van der Waals surface area contributed by atoms with Crippen LogP contribution < -0.4 is 25.6 Å². The van der Waals surface area contributed by atoms with Gasteiger partial charge in [0.05, 0.1) is 11.5 Å². The number of hydrogen-bond donors (Lipinski definition) is 4. The van der Waals surface area contributed by atoms with E-state index in [1.54, 1.807) is 24.3 Å². The van der Waals surface area contributed by atoms with Crippen LogP contribution in [0.2, 0.25) is 0 Å². The highest BCUT2D eigenvalue weighted by Crippen LogP contribution is 2.16. The summed E-state index contributed by atoms with van der Waals surface area (Å²) in [6.07, 6.45) is -0.348. The zero-order valence-corrected chi connectivity index (χ0v) is 17.9. The number of nitrogens with one attached hydrogen (secondary N) is 4. The van der Waals surface area contributed by atoms with E-state index >= 15 is 0 Å². The maximum Gasteiger partial charge on any atom is 0.257 e. The molecule has 0 atom stereocenters. The van der Waals surface area contributed by atoms with Gasteiger partial charge < -0.3 is 15.4 Å². The lowest BCUT2D eigenvalue weighted by molar-refractivity contribution is -0.124. The number of hydrazine groups is 1. The van der Waals surface area contributed by atoms with Crippen LogP contribution in [-0.4, -0.2) is 32.7 Å². The molecule has 10 nitrogen and oxygen atoms in total. The fourth-order valence-corrected chi connectivity index (χ4v) is 3.28. The zero-order valence-electron chi connectivity index (χ0n) is 17.1. The van der Waals surface area contributed by atoms with Gasteiger partial charge in [0, 0.05) is 31.1 Å². The highest BCUT2D eigenvalue weighted by molar-refractivity contribution is 7.89. The summed E-state index contributed by atoms with van der Waals surface area (Å²) in [5, 5.41) is 5.16. The first-order valence-corrected chi connectivity index (χ1v) is 10.9. The first-order valence-electron chi connectivity index (χ1n) is 9.40. The molecule has 0 unspecified atom stereocenters. The second-order valence-corrected chi connectivity index (χ2v) is 8.05. The van der Waals surface area contributed by atoms with Gasteiger partial charge in [-0.2, -0.15) is 0 Å². The van der Waals surface area contributed by atoms with Gasteiger partial charge in [-0.25, -0.2) is 8.42 Å². The molecule has 0 saturated heterocycles. The maximum absolute atomic E-state index is 12.2. The Kier molecular flexibility index (Phi) is 8.53. The summed E-state index contributed by atoms with van der Waals surface area (Å²) in [5.41, 5.74) is 3.06. The largest absolute Gasteiger partial charge is 0.494 e. The smallest absolute Gasteiger partial charge is 0.257 e. The van der Waals surface area contributed by atoms with Gasteiger partial charge in [0.25, 0.3) is 10.0 Å². The Labute approximate surface area is 180 Å². The van der Waals surface area contributed by atoms with Crippen LogP contribution in [0.3, 0.4) is 0 Å². The van der Waals surface area contributed by atoms with Crippen molar-refractivity contribution in [2.24, 2.45) is 0 Å². The number of carbonyl (C=O) groups is 3. The Bertz CT molecular complexity index is 1020. The summed E-state index contributed by atoms with van der Waals surface area (Å²) < 4.78 is 29.8. The van der Waals surface area contributed by atoms with Crippen LogP contribution in [0.25, 0.3) is 0 Å². The van der Waals surface area contributed by atoms with E-state index in [-0.39, 0.29) is 23.6 Å². The molecule has 0 aliphatic heterocycles. The van der Waals surface area contributed by atoms with Gasteiger partial charge in [0.2, 0.25) is 17.7 Å². The lowest BCUT2D eigenvalue weighted by Crippen LogP contribution is -2.41. The van der Waals surface area contributed by atoms with Crippen molar-refractivity contribution in [2.45, 2.75) is 31.6 Å². The van der Waals surface area contributed by atoms with Crippen LogP contribution in [-0.2, 0) is 24.4 Å². The molecule has 0 heterocycles. The second-order valence-electron chi connectivity index (χ2n) is 6.36. The molecule has 2 rings (SSSR count). The topological polar surface area (TPSA) is 143 Å². The van der Waals surface area contributed by atoms with Gasteiger partial charge in [-0.05, 0) is 55.5 Å². The molecule has 2 aromatic carbocycles. The molecule has 2 aromatic rings. The van der Waals surface area contributed by atoms with Crippen molar-refractivity contribution in [3.05, 3.63) is 48.5 Å². The normalized spacial score (nSPS) is 10.8. The first kappa shape index (κ1) is 23.8. The lowest BCUT2D eigenvalue weighted by Gasteiger charge is -2.10. The van der Waals surface area contributed by atoms with Gasteiger partial charge in [-0.1, -0.05) is 0 Å². The van der Waals surface area contributed by atoms with E-state index in [0.29, 0.717) is 23.7 Å². The summed E-state index contributed by atoms with van der Waals surface area (Å²) in [6, 6.07) is 12.2. The Hall–Kier alpha value is -3.44. The van der Waals surface area contributed by atoms with Gasteiger partial charge in [-0.15, -0.1) is 4.83 Å². The summed E-state index contributed by atoms with van der Waals surface area (Å²) >= 11 is 0. The van der Waals surface area contributed by atoms with E-state index in [4.69, 9.17) is 4.74 Å². The van der Waals surface area contributed by atoms with E-state index in [0.717, 1.165) is 0 Å². The quantitative estimate of drug-likeness (QED) is 0.408. The number of amides is 3. The molecule has 0 aliphatic rings. The van der Waals surface area contributed by atoms with Crippen molar-refractivity contribution in [1.82, 2.24) is 10.3 Å². The van der Waals surface area contributed by atoms with Crippen molar-refractivity contribution < 1.29 is 27.5 Å². The van der Waals surface area contributed by atoms with Gasteiger partial charge in [-0.3, -0.25) is 19.8 Å². The standard InChI is InChI=1S/C20H24N4O6S/c1-3-30-17-8-4-16(5-9-17)22-19(26)12-13-20(27)23-24-31(28,29)18-10-6-15(7-11-18)21-14(2)25/h4-11,24H,3,12-13H2,1-2H3,(H,21,25)(H,22,26)(H,23,27). The molecule has 11 heteroatoms.